The summed E-state index contributed by atoms with van der Waals surface area (Å²) in [6, 6.07) is 18.1. The number of rotatable bonds is 9. The van der Waals surface area contributed by atoms with Gasteiger partial charge in [-0.2, -0.15) is 5.26 Å². The van der Waals surface area contributed by atoms with Gasteiger partial charge < -0.3 is 20.9 Å². The van der Waals surface area contributed by atoms with Crippen LogP contribution in [-0.2, 0) is 5.41 Å². The Balaban J connectivity index is 1.68. The summed E-state index contributed by atoms with van der Waals surface area (Å²) in [7, 11) is 4.00. The molecule has 0 aliphatic carbocycles. The third-order valence-corrected chi connectivity index (χ3v) is 5.76. The van der Waals surface area contributed by atoms with E-state index in [0.717, 1.165) is 24.2 Å². The Labute approximate surface area is 212 Å². The van der Waals surface area contributed by atoms with Gasteiger partial charge >= 0.3 is 0 Å². The zero-order chi connectivity index (χ0) is 26.3. The van der Waals surface area contributed by atoms with E-state index in [-0.39, 0.29) is 11.8 Å². The van der Waals surface area contributed by atoms with Crippen LogP contribution in [0.2, 0.25) is 0 Å². The first-order valence-electron chi connectivity index (χ1n) is 11.7. The maximum absolute atomic E-state index is 12.9. The average molecular weight is 485 g/mol. The highest BCUT2D eigenvalue weighted by Crippen LogP contribution is 2.25. The van der Waals surface area contributed by atoms with Crippen LogP contribution in [0, 0.1) is 18.3 Å². The van der Waals surface area contributed by atoms with E-state index in [2.05, 4.69) is 31.9 Å². The monoisotopic (exact) mass is 484 g/mol. The second-order valence-corrected chi connectivity index (χ2v) is 9.42. The van der Waals surface area contributed by atoms with Crippen molar-refractivity contribution in [1.29, 1.82) is 5.26 Å². The van der Waals surface area contributed by atoms with Crippen molar-refractivity contribution in [3.05, 3.63) is 83.0 Å². The van der Waals surface area contributed by atoms with Crippen LogP contribution in [0.4, 0.5) is 17.2 Å². The Morgan fingerprint density at radius 3 is 2.42 bits per heavy atom. The number of hydrogen-bond acceptors (Lipinski definition) is 6. The van der Waals surface area contributed by atoms with E-state index in [4.69, 9.17) is 0 Å². The number of likely N-dealkylation sites (N-methyl/N-ethyl adjacent to an activating group) is 1. The molecular formula is C28H32N6O2. The Morgan fingerprint density at radius 1 is 1.00 bits per heavy atom. The molecule has 0 fully saturated rings. The molecule has 0 aliphatic heterocycles. The van der Waals surface area contributed by atoms with Crippen LogP contribution in [0.15, 0.2) is 60.8 Å². The van der Waals surface area contributed by atoms with Gasteiger partial charge in [0.15, 0.2) is 0 Å². The van der Waals surface area contributed by atoms with Crippen LogP contribution in [0.5, 0.6) is 0 Å². The summed E-state index contributed by atoms with van der Waals surface area (Å²) in [6.07, 6.45) is 1.53. The topological polar surface area (TPSA) is 110 Å². The first kappa shape index (κ1) is 26.4. The van der Waals surface area contributed by atoms with Crippen molar-refractivity contribution in [3.8, 4) is 6.07 Å². The predicted molar refractivity (Wildman–Crippen MR) is 143 cm³/mol. The highest BCUT2D eigenvalue weighted by Gasteiger charge is 2.21. The molecule has 1 heterocycles. The number of aryl methyl sites for hydroxylation is 1. The Morgan fingerprint density at radius 2 is 1.75 bits per heavy atom. The van der Waals surface area contributed by atoms with Gasteiger partial charge in [-0.1, -0.05) is 18.2 Å². The predicted octanol–water partition coefficient (Wildman–Crippen LogP) is 4.67. The number of anilines is 3. The molecule has 0 spiro atoms. The van der Waals surface area contributed by atoms with Gasteiger partial charge in [0.1, 0.15) is 5.82 Å². The second kappa shape index (κ2) is 11.5. The van der Waals surface area contributed by atoms with Gasteiger partial charge in [0.2, 0.25) is 0 Å². The molecule has 1 aromatic heterocycles. The zero-order valence-electron chi connectivity index (χ0n) is 21.3. The van der Waals surface area contributed by atoms with Crippen molar-refractivity contribution in [2.45, 2.75) is 26.2 Å². The lowest BCUT2D eigenvalue weighted by Crippen LogP contribution is -2.21. The van der Waals surface area contributed by atoms with E-state index >= 15 is 0 Å². The number of nitrogens with zero attached hydrogens (tertiary/aromatic N) is 3. The van der Waals surface area contributed by atoms with Crippen LogP contribution in [0.25, 0.3) is 0 Å². The molecule has 0 atom stereocenters. The van der Waals surface area contributed by atoms with Crippen LogP contribution in [0.3, 0.4) is 0 Å². The molecule has 2 amide bonds. The lowest BCUT2D eigenvalue weighted by Gasteiger charge is -2.17. The SMILES string of the molecule is Cc1ccc(NC(=O)c2cccc(C(C)(C)C#N)c2)cc1NC(=O)c1ccc(NCCN(C)C)nc1. The Kier molecular flexibility index (Phi) is 8.41. The van der Waals surface area contributed by atoms with Crippen molar-refractivity contribution in [3.63, 3.8) is 0 Å². The Bertz CT molecular complexity index is 1280. The number of aromatic nitrogens is 1. The van der Waals surface area contributed by atoms with Gasteiger partial charge in [-0.15, -0.1) is 0 Å². The number of benzene rings is 2. The summed E-state index contributed by atoms with van der Waals surface area (Å²) in [5, 5.41) is 18.4. The normalized spacial score (nSPS) is 11.0. The maximum atomic E-state index is 12.9. The molecule has 3 rings (SSSR count). The number of carbonyl (C=O) groups excluding carboxylic acids is 2. The zero-order valence-corrected chi connectivity index (χ0v) is 21.3. The number of carbonyl (C=O) groups is 2. The molecule has 36 heavy (non-hydrogen) atoms. The lowest BCUT2D eigenvalue weighted by atomic mass is 9.85. The van der Waals surface area contributed by atoms with Crippen molar-refractivity contribution >= 4 is 29.0 Å². The standard InChI is InChI=1S/C28H32N6O2/c1-19-9-11-23(32-26(35)20-7-6-8-22(15-20)28(2,3)18-29)16-24(19)33-27(36)21-10-12-25(31-17-21)30-13-14-34(4)5/h6-12,15-17H,13-14H2,1-5H3,(H,30,31)(H,32,35)(H,33,36). The lowest BCUT2D eigenvalue weighted by molar-refractivity contribution is 0.101. The maximum Gasteiger partial charge on any atom is 0.257 e. The van der Waals surface area contributed by atoms with Crippen LogP contribution in [0.1, 0.15) is 45.7 Å². The molecule has 2 aromatic carbocycles. The fraction of sp³-hybridized carbons (Fsp3) is 0.286. The van der Waals surface area contributed by atoms with E-state index in [9.17, 15) is 14.9 Å². The quantitative estimate of drug-likeness (QED) is 0.407. The summed E-state index contributed by atoms with van der Waals surface area (Å²) >= 11 is 0. The summed E-state index contributed by atoms with van der Waals surface area (Å²) in [5.41, 5.74) is 2.93. The second-order valence-electron chi connectivity index (χ2n) is 9.42. The van der Waals surface area contributed by atoms with Gasteiger partial charge in [0.05, 0.1) is 17.0 Å². The van der Waals surface area contributed by atoms with Crippen LogP contribution in [-0.4, -0.2) is 48.9 Å². The van der Waals surface area contributed by atoms with Gasteiger partial charge in [0.25, 0.3) is 11.8 Å². The first-order valence-corrected chi connectivity index (χ1v) is 11.7. The fourth-order valence-corrected chi connectivity index (χ4v) is 3.39. The van der Waals surface area contributed by atoms with E-state index in [1.807, 2.05) is 47.0 Å². The molecule has 8 nitrogen and oxygen atoms in total. The van der Waals surface area contributed by atoms with E-state index in [0.29, 0.717) is 28.3 Å². The molecule has 0 bridgehead atoms. The molecule has 3 N–H and O–H groups in total. The number of hydrogen-bond donors (Lipinski definition) is 3. The molecule has 0 aliphatic rings. The van der Waals surface area contributed by atoms with E-state index in [1.165, 1.54) is 6.20 Å². The van der Waals surface area contributed by atoms with Gasteiger partial charge in [-0.25, -0.2) is 4.98 Å². The number of amides is 2. The van der Waals surface area contributed by atoms with Crippen LogP contribution >= 0.6 is 0 Å². The van der Waals surface area contributed by atoms with Gasteiger partial charge in [-0.3, -0.25) is 9.59 Å². The molecule has 0 unspecified atom stereocenters. The molecule has 186 valence electrons. The fourth-order valence-electron chi connectivity index (χ4n) is 3.39. The van der Waals surface area contributed by atoms with Crippen molar-refractivity contribution in [2.75, 3.05) is 43.1 Å². The van der Waals surface area contributed by atoms with Crippen molar-refractivity contribution in [2.24, 2.45) is 0 Å². The third-order valence-electron chi connectivity index (χ3n) is 5.76. The molecular weight excluding hydrogens is 452 g/mol. The van der Waals surface area contributed by atoms with Gasteiger partial charge in [0, 0.05) is 36.2 Å². The highest BCUT2D eigenvalue weighted by molar-refractivity contribution is 6.06. The van der Waals surface area contributed by atoms with Crippen molar-refractivity contribution < 1.29 is 9.59 Å². The molecule has 0 saturated carbocycles. The van der Waals surface area contributed by atoms with Gasteiger partial charge in [-0.05, 0) is 82.4 Å². The van der Waals surface area contributed by atoms with E-state index < -0.39 is 5.41 Å². The number of nitrogens with one attached hydrogen (secondary N) is 3. The summed E-state index contributed by atoms with van der Waals surface area (Å²) in [6.45, 7) is 7.13. The summed E-state index contributed by atoms with van der Waals surface area (Å²) in [5.74, 6) is 0.116. The highest BCUT2D eigenvalue weighted by atomic mass is 16.2. The number of pyridine rings is 1. The average Bonchev–Trinajstić information content (AvgIpc) is 2.86. The largest absolute Gasteiger partial charge is 0.369 e. The van der Waals surface area contributed by atoms with Crippen molar-refractivity contribution in [1.82, 2.24) is 9.88 Å². The first-order chi connectivity index (χ1) is 17.1. The summed E-state index contributed by atoms with van der Waals surface area (Å²) in [4.78, 5) is 32.1. The minimum atomic E-state index is -0.701. The molecule has 0 saturated heterocycles. The smallest absolute Gasteiger partial charge is 0.257 e. The molecule has 0 radical (unpaired) electrons. The van der Waals surface area contributed by atoms with Crippen LogP contribution < -0.4 is 16.0 Å². The minimum absolute atomic E-state index is 0.291. The Hall–Kier alpha value is -4.22. The molecule has 3 aromatic rings. The molecule has 8 heteroatoms. The minimum Gasteiger partial charge on any atom is -0.369 e. The van der Waals surface area contributed by atoms with E-state index in [1.54, 1.807) is 42.5 Å². The summed E-state index contributed by atoms with van der Waals surface area (Å²) < 4.78 is 0. The number of nitriles is 1. The third kappa shape index (κ3) is 6.90.